The van der Waals surface area contributed by atoms with Crippen LogP contribution >= 0.6 is 11.8 Å². The van der Waals surface area contributed by atoms with E-state index in [0.717, 1.165) is 16.1 Å². The monoisotopic (exact) mass is 464 g/mol. The first-order valence-corrected chi connectivity index (χ1v) is 11.3. The molecule has 170 valence electrons. The minimum Gasteiger partial charge on any atom is -0.278 e. The van der Waals surface area contributed by atoms with Gasteiger partial charge in [0.05, 0.1) is 5.69 Å². The molecule has 10 heteroatoms. The molecule has 2 atom stereocenters. The quantitative estimate of drug-likeness (QED) is 0.750. The lowest BCUT2D eigenvalue weighted by Crippen LogP contribution is -2.61. The van der Waals surface area contributed by atoms with Gasteiger partial charge in [-0.25, -0.2) is 20.0 Å². The van der Waals surface area contributed by atoms with E-state index in [-0.39, 0.29) is 5.91 Å². The van der Waals surface area contributed by atoms with Crippen LogP contribution in [0.15, 0.2) is 64.6 Å². The Kier molecular flexibility index (Phi) is 6.19. The molecule has 2 aliphatic rings. The number of amides is 3. The van der Waals surface area contributed by atoms with Gasteiger partial charge in [0.15, 0.2) is 11.3 Å². The predicted octanol–water partition coefficient (Wildman–Crippen LogP) is 2.81. The van der Waals surface area contributed by atoms with Gasteiger partial charge >= 0.3 is 0 Å². The van der Waals surface area contributed by atoms with E-state index in [1.807, 2.05) is 61.5 Å². The topological polar surface area (TPSA) is 97.7 Å². The number of rotatable bonds is 3. The zero-order valence-electron chi connectivity index (χ0n) is 18.7. The second-order valence-electron chi connectivity index (χ2n) is 7.69. The lowest BCUT2D eigenvalue weighted by molar-refractivity contribution is -0.158. The molecule has 1 N–H and O–H groups in total. The van der Waals surface area contributed by atoms with E-state index in [0.29, 0.717) is 16.7 Å². The van der Waals surface area contributed by atoms with Crippen molar-refractivity contribution >= 4 is 46.2 Å². The Morgan fingerprint density at radius 2 is 1.64 bits per heavy atom. The average molecular weight is 465 g/mol. The van der Waals surface area contributed by atoms with Gasteiger partial charge in [0.1, 0.15) is 11.2 Å². The summed E-state index contributed by atoms with van der Waals surface area (Å²) in [7, 11) is 0. The van der Waals surface area contributed by atoms with Crippen molar-refractivity contribution in [1.29, 1.82) is 0 Å². The Morgan fingerprint density at radius 1 is 1.00 bits per heavy atom. The molecule has 0 bridgehead atoms. The molecule has 2 aliphatic heterocycles. The average Bonchev–Trinajstić information content (AvgIpc) is 3.12. The molecule has 0 saturated carbocycles. The normalized spacial score (nSPS) is 20.7. The van der Waals surface area contributed by atoms with Gasteiger partial charge in [-0.2, -0.15) is 5.01 Å². The lowest BCUT2D eigenvalue weighted by Gasteiger charge is -2.39. The van der Waals surface area contributed by atoms with Gasteiger partial charge < -0.3 is 0 Å². The predicted molar refractivity (Wildman–Crippen MR) is 127 cm³/mol. The van der Waals surface area contributed by atoms with E-state index >= 15 is 0 Å². The summed E-state index contributed by atoms with van der Waals surface area (Å²) in [6, 6.07) is 16.9. The van der Waals surface area contributed by atoms with Gasteiger partial charge in [-0.15, -0.1) is 0 Å². The minimum absolute atomic E-state index is 0.227. The van der Waals surface area contributed by atoms with E-state index < -0.39 is 23.4 Å². The number of thioether (sulfide) groups is 1. The number of hydrazine groups is 2. The van der Waals surface area contributed by atoms with Crippen LogP contribution in [0.25, 0.3) is 0 Å². The number of hydrogen-bond acceptors (Lipinski definition) is 7. The number of nitrogens with one attached hydrogen (secondary N) is 1. The van der Waals surface area contributed by atoms with Crippen molar-refractivity contribution in [3.05, 3.63) is 65.7 Å². The number of nitrogens with zero attached hydrogens (tertiary/aromatic N) is 5. The fraction of sp³-hybridized carbons (Fsp3) is 0.261. The molecule has 9 nitrogen and oxygen atoms in total. The Hall–Kier alpha value is -3.66. The van der Waals surface area contributed by atoms with Crippen LogP contribution in [0.5, 0.6) is 0 Å². The van der Waals surface area contributed by atoms with Crippen LogP contribution in [0.1, 0.15) is 31.9 Å². The molecule has 1 fully saturated rings. The molecule has 2 aromatic carbocycles. The van der Waals surface area contributed by atoms with Crippen molar-refractivity contribution in [2.24, 2.45) is 9.98 Å². The molecule has 1 saturated heterocycles. The molecular formula is C23H24N6O3S. The molecular weight excluding hydrogens is 440 g/mol. The van der Waals surface area contributed by atoms with E-state index in [1.54, 1.807) is 0 Å². The fourth-order valence-electron chi connectivity index (χ4n) is 3.63. The summed E-state index contributed by atoms with van der Waals surface area (Å²) >= 11 is 1.26. The molecule has 0 aliphatic carbocycles. The first kappa shape index (κ1) is 22.5. The first-order valence-electron chi connectivity index (χ1n) is 10.4. The maximum Gasteiger partial charge on any atom is 0.245 e. The van der Waals surface area contributed by atoms with E-state index in [9.17, 15) is 14.4 Å². The zero-order valence-corrected chi connectivity index (χ0v) is 19.5. The zero-order chi connectivity index (χ0) is 23.7. The lowest BCUT2D eigenvalue weighted by atomic mass is 10.2. The standard InChI is InChI=1S/C23H24N6O3S/c1-14-10-12-19(13-11-14)24-23-29(28(16(3)31)17(4)32)21-22(33-23)27(15(2)30)26-20(25-21)18-8-6-5-7-9-18/h5-13,21-22H,1-4H3,(H,25,26)/t21-,22+/m1/s1. The highest BCUT2D eigenvalue weighted by Crippen LogP contribution is 2.39. The summed E-state index contributed by atoms with van der Waals surface area (Å²) in [6.07, 6.45) is -0.743. The van der Waals surface area contributed by atoms with E-state index in [2.05, 4.69) is 5.43 Å². The number of imide groups is 1. The molecule has 2 heterocycles. The summed E-state index contributed by atoms with van der Waals surface area (Å²) in [4.78, 5) is 47.1. The number of aryl methyl sites for hydroxylation is 1. The largest absolute Gasteiger partial charge is 0.278 e. The van der Waals surface area contributed by atoms with Crippen LogP contribution in [0.3, 0.4) is 0 Å². The highest BCUT2D eigenvalue weighted by Gasteiger charge is 2.50. The molecule has 33 heavy (non-hydrogen) atoms. The van der Waals surface area contributed by atoms with Crippen molar-refractivity contribution in [3.8, 4) is 0 Å². The first-order chi connectivity index (χ1) is 15.8. The van der Waals surface area contributed by atoms with Gasteiger partial charge in [-0.3, -0.25) is 19.8 Å². The van der Waals surface area contributed by atoms with Crippen molar-refractivity contribution in [2.75, 3.05) is 0 Å². The molecule has 0 spiro atoms. The minimum atomic E-state index is -0.743. The molecule has 0 aromatic heterocycles. The van der Waals surface area contributed by atoms with E-state index in [1.165, 1.54) is 42.6 Å². The number of benzene rings is 2. The number of hydrogen-bond donors (Lipinski definition) is 1. The third kappa shape index (κ3) is 4.47. The van der Waals surface area contributed by atoms with Crippen molar-refractivity contribution in [3.63, 3.8) is 0 Å². The molecule has 0 radical (unpaired) electrons. The number of carbonyl (C=O) groups excluding carboxylic acids is 3. The van der Waals surface area contributed by atoms with Gasteiger partial charge in [0.2, 0.25) is 17.7 Å². The van der Waals surface area contributed by atoms with Crippen LogP contribution in [0, 0.1) is 6.92 Å². The second-order valence-corrected chi connectivity index (χ2v) is 8.77. The van der Waals surface area contributed by atoms with Gasteiger partial charge in [-0.1, -0.05) is 59.8 Å². The third-order valence-corrected chi connectivity index (χ3v) is 6.31. The SMILES string of the molecule is CC(=O)N1NC(c2ccccc2)=N[C@H]2[C@@H]1SC(=Nc1ccc(C)cc1)N2N(C(C)=O)C(C)=O. The Morgan fingerprint density at radius 3 is 2.21 bits per heavy atom. The van der Waals surface area contributed by atoms with Gasteiger partial charge in [-0.05, 0) is 19.1 Å². The van der Waals surface area contributed by atoms with Crippen molar-refractivity contribution in [1.82, 2.24) is 20.5 Å². The number of amidine groups is 2. The highest BCUT2D eigenvalue weighted by atomic mass is 32.2. The summed E-state index contributed by atoms with van der Waals surface area (Å²) < 4.78 is 0. The molecule has 4 rings (SSSR count). The summed E-state index contributed by atoms with van der Waals surface area (Å²) in [6.45, 7) is 6.06. The van der Waals surface area contributed by atoms with Crippen molar-refractivity contribution in [2.45, 2.75) is 39.2 Å². The smallest absolute Gasteiger partial charge is 0.245 e. The fourth-order valence-corrected chi connectivity index (χ4v) is 4.91. The molecule has 0 unspecified atom stereocenters. The van der Waals surface area contributed by atoms with Crippen LogP contribution < -0.4 is 5.43 Å². The maximum absolute atomic E-state index is 12.6. The summed E-state index contributed by atoms with van der Waals surface area (Å²) in [5, 5.41) is 3.83. The van der Waals surface area contributed by atoms with Crippen LogP contribution in [-0.4, -0.2) is 55.3 Å². The number of fused-ring (bicyclic) bond motifs is 1. The number of carbonyl (C=O) groups is 3. The van der Waals surface area contributed by atoms with Crippen LogP contribution in [-0.2, 0) is 14.4 Å². The molecule has 3 amide bonds. The van der Waals surface area contributed by atoms with Crippen LogP contribution in [0.4, 0.5) is 5.69 Å². The third-order valence-electron chi connectivity index (χ3n) is 5.13. The van der Waals surface area contributed by atoms with E-state index in [4.69, 9.17) is 9.98 Å². The summed E-state index contributed by atoms with van der Waals surface area (Å²) in [5.74, 6) is -0.703. The number of aliphatic imine (C=N–C) groups is 2. The summed E-state index contributed by atoms with van der Waals surface area (Å²) in [5.41, 5.74) is 5.61. The van der Waals surface area contributed by atoms with Crippen LogP contribution in [0.2, 0.25) is 0 Å². The van der Waals surface area contributed by atoms with Crippen molar-refractivity contribution < 1.29 is 14.4 Å². The second kappa shape index (κ2) is 9.07. The van der Waals surface area contributed by atoms with Gasteiger partial charge in [0, 0.05) is 26.3 Å². The maximum atomic E-state index is 12.6. The Labute approximate surface area is 196 Å². The molecule has 2 aromatic rings. The Bertz CT molecular complexity index is 1130. The highest BCUT2D eigenvalue weighted by molar-refractivity contribution is 8.14. The Balaban J connectivity index is 1.86. The van der Waals surface area contributed by atoms with Gasteiger partial charge in [0.25, 0.3) is 0 Å².